The summed E-state index contributed by atoms with van der Waals surface area (Å²) in [6.07, 6.45) is -3.60. The summed E-state index contributed by atoms with van der Waals surface area (Å²) in [6.45, 7) is -0.271. The molecule has 0 aromatic heterocycles. The van der Waals surface area contributed by atoms with Crippen LogP contribution in [0.25, 0.3) is 0 Å². The van der Waals surface area contributed by atoms with Gasteiger partial charge in [0.25, 0.3) is 0 Å². The molecule has 0 unspecified atom stereocenters. The molecular weight excluding hydrogens is 152 g/mol. The van der Waals surface area contributed by atoms with Crippen LogP contribution in [0.3, 0.4) is 0 Å². The van der Waals surface area contributed by atoms with Gasteiger partial charge in [-0.15, -0.1) is 0 Å². The van der Waals surface area contributed by atoms with E-state index in [-0.39, 0.29) is 6.61 Å². The van der Waals surface area contributed by atoms with Crippen LogP contribution in [0.2, 0.25) is 0 Å². The summed E-state index contributed by atoms with van der Waals surface area (Å²) in [4.78, 5) is 0. The second kappa shape index (κ2) is 3.46. The minimum Gasteiger partial charge on any atom is -0.394 e. The fourth-order valence-corrected chi connectivity index (χ4v) is 1.16. The summed E-state index contributed by atoms with van der Waals surface area (Å²) in [5.41, 5.74) is 0. The van der Waals surface area contributed by atoms with Gasteiger partial charge in [0, 0.05) is 7.11 Å². The highest BCUT2D eigenvalue weighted by Gasteiger charge is 2.42. The molecule has 1 rings (SSSR count). The molecule has 0 aromatic rings. The maximum absolute atomic E-state index is 9.15. The second-order valence-electron chi connectivity index (χ2n) is 2.44. The Bertz CT molecular complexity index is 128. The second-order valence-corrected chi connectivity index (χ2v) is 2.44. The Kier molecular flexibility index (Phi) is 2.80. The highest BCUT2D eigenvalue weighted by atomic mass is 16.7. The van der Waals surface area contributed by atoms with Gasteiger partial charge in [0.2, 0.25) is 0 Å². The maximum Gasteiger partial charge on any atom is 0.184 e. The zero-order valence-electron chi connectivity index (χ0n) is 6.17. The van der Waals surface area contributed by atoms with Gasteiger partial charge in [-0.3, -0.25) is 0 Å². The fourth-order valence-electron chi connectivity index (χ4n) is 1.16. The van der Waals surface area contributed by atoms with Crippen molar-refractivity contribution in [3.8, 4) is 0 Å². The molecular formula is C6H12O5. The molecule has 3 N–H and O–H groups in total. The lowest BCUT2D eigenvalue weighted by atomic mass is 10.1. The number of ether oxygens (including phenoxy) is 2. The zero-order chi connectivity index (χ0) is 8.43. The first kappa shape index (κ1) is 8.89. The van der Waals surface area contributed by atoms with Crippen molar-refractivity contribution in [2.75, 3.05) is 13.7 Å². The average Bonchev–Trinajstić information content (AvgIpc) is 2.28. The highest BCUT2D eigenvalue weighted by molar-refractivity contribution is 4.86. The van der Waals surface area contributed by atoms with Crippen molar-refractivity contribution < 1.29 is 24.8 Å². The summed E-state index contributed by atoms with van der Waals surface area (Å²) < 4.78 is 9.56. The average molecular weight is 164 g/mol. The van der Waals surface area contributed by atoms with E-state index in [1.807, 2.05) is 0 Å². The van der Waals surface area contributed by atoms with Crippen LogP contribution in [0.1, 0.15) is 0 Å². The first-order chi connectivity index (χ1) is 5.20. The largest absolute Gasteiger partial charge is 0.394 e. The van der Waals surface area contributed by atoms with E-state index in [1.54, 1.807) is 0 Å². The van der Waals surface area contributed by atoms with Crippen molar-refractivity contribution in [2.24, 2.45) is 0 Å². The molecule has 11 heavy (non-hydrogen) atoms. The standard InChI is InChI=1S/C6H12O5/c1-10-5-3(2-7)11-6(9)4(5)8/h3-9H,2H2,1H3/t3-,4-,5+,6+/m0/s1. The molecule has 1 saturated heterocycles. The molecule has 0 radical (unpaired) electrons. The normalized spacial score (nSPS) is 44.7. The minimum atomic E-state index is -1.25. The third kappa shape index (κ3) is 1.52. The Balaban J connectivity index is 2.57. The highest BCUT2D eigenvalue weighted by Crippen LogP contribution is 2.21. The van der Waals surface area contributed by atoms with Crippen molar-refractivity contribution in [3.63, 3.8) is 0 Å². The van der Waals surface area contributed by atoms with Crippen LogP contribution < -0.4 is 0 Å². The Morgan fingerprint density at radius 1 is 1.45 bits per heavy atom. The van der Waals surface area contributed by atoms with Gasteiger partial charge in [-0.25, -0.2) is 0 Å². The Hall–Kier alpha value is -0.200. The quantitative estimate of drug-likeness (QED) is 0.443. The van der Waals surface area contributed by atoms with E-state index in [9.17, 15) is 0 Å². The molecule has 5 nitrogen and oxygen atoms in total. The van der Waals surface area contributed by atoms with E-state index in [2.05, 4.69) is 0 Å². The van der Waals surface area contributed by atoms with Crippen LogP contribution in [0, 0.1) is 0 Å². The van der Waals surface area contributed by atoms with Crippen molar-refractivity contribution >= 4 is 0 Å². The first-order valence-corrected chi connectivity index (χ1v) is 3.36. The first-order valence-electron chi connectivity index (χ1n) is 3.36. The Morgan fingerprint density at radius 3 is 2.45 bits per heavy atom. The monoisotopic (exact) mass is 164 g/mol. The van der Waals surface area contributed by atoms with Crippen LogP contribution in [0.5, 0.6) is 0 Å². The molecule has 5 heteroatoms. The van der Waals surface area contributed by atoms with E-state index < -0.39 is 24.6 Å². The molecule has 1 fully saturated rings. The molecule has 4 atom stereocenters. The van der Waals surface area contributed by atoms with Crippen LogP contribution in [0.15, 0.2) is 0 Å². The summed E-state index contributed by atoms with van der Waals surface area (Å²) >= 11 is 0. The van der Waals surface area contributed by atoms with Gasteiger partial charge in [-0.05, 0) is 0 Å². The predicted octanol–water partition coefficient (Wildman–Crippen LogP) is -1.93. The SMILES string of the molecule is CO[C@H]1[C@H](O)[C@H](O)O[C@H]1CO. The number of rotatable bonds is 2. The number of aliphatic hydroxyl groups excluding tert-OH is 3. The van der Waals surface area contributed by atoms with Crippen molar-refractivity contribution in [2.45, 2.75) is 24.6 Å². The molecule has 1 aliphatic rings. The van der Waals surface area contributed by atoms with E-state index in [0.717, 1.165) is 0 Å². The maximum atomic E-state index is 9.15. The van der Waals surface area contributed by atoms with Gasteiger partial charge in [-0.2, -0.15) is 0 Å². The topological polar surface area (TPSA) is 79.2 Å². The molecule has 0 aromatic carbocycles. The van der Waals surface area contributed by atoms with Crippen LogP contribution in [0.4, 0.5) is 0 Å². The molecule has 66 valence electrons. The summed E-state index contributed by atoms with van der Waals surface area (Å²) in [7, 11) is 1.39. The van der Waals surface area contributed by atoms with E-state index in [0.29, 0.717) is 0 Å². The number of hydrogen-bond donors (Lipinski definition) is 3. The van der Waals surface area contributed by atoms with Gasteiger partial charge >= 0.3 is 0 Å². The smallest absolute Gasteiger partial charge is 0.184 e. The van der Waals surface area contributed by atoms with Crippen molar-refractivity contribution in [1.82, 2.24) is 0 Å². The van der Waals surface area contributed by atoms with E-state index in [1.165, 1.54) is 7.11 Å². The van der Waals surface area contributed by atoms with Gasteiger partial charge in [0.1, 0.15) is 18.3 Å². The van der Waals surface area contributed by atoms with E-state index >= 15 is 0 Å². The summed E-state index contributed by atoms with van der Waals surface area (Å²) in [5.74, 6) is 0. The van der Waals surface area contributed by atoms with E-state index in [4.69, 9.17) is 24.8 Å². The fraction of sp³-hybridized carbons (Fsp3) is 1.00. The molecule has 0 aliphatic carbocycles. The lowest BCUT2D eigenvalue weighted by Crippen LogP contribution is -2.35. The van der Waals surface area contributed by atoms with Crippen LogP contribution in [-0.4, -0.2) is 53.6 Å². The Morgan fingerprint density at radius 2 is 2.09 bits per heavy atom. The van der Waals surface area contributed by atoms with Gasteiger partial charge in [0.15, 0.2) is 6.29 Å². The van der Waals surface area contributed by atoms with Crippen molar-refractivity contribution in [3.05, 3.63) is 0 Å². The molecule has 1 heterocycles. The lowest BCUT2D eigenvalue weighted by Gasteiger charge is -2.15. The van der Waals surface area contributed by atoms with Gasteiger partial charge in [-0.1, -0.05) is 0 Å². The number of methoxy groups -OCH3 is 1. The minimum absolute atomic E-state index is 0.271. The molecule has 1 aliphatic heterocycles. The van der Waals surface area contributed by atoms with Crippen molar-refractivity contribution in [1.29, 1.82) is 0 Å². The summed E-state index contributed by atoms with van der Waals surface area (Å²) in [5, 5.41) is 26.8. The third-order valence-corrected chi connectivity index (χ3v) is 1.76. The third-order valence-electron chi connectivity index (χ3n) is 1.76. The number of hydrogen-bond acceptors (Lipinski definition) is 5. The molecule has 0 amide bonds. The molecule has 0 spiro atoms. The molecule has 0 saturated carbocycles. The van der Waals surface area contributed by atoms with Gasteiger partial charge in [0.05, 0.1) is 6.61 Å². The summed E-state index contributed by atoms with van der Waals surface area (Å²) in [6, 6.07) is 0. The zero-order valence-corrected chi connectivity index (χ0v) is 6.17. The predicted molar refractivity (Wildman–Crippen MR) is 34.8 cm³/mol. The number of aliphatic hydroxyl groups is 3. The lowest BCUT2D eigenvalue weighted by molar-refractivity contribution is -0.132. The van der Waals surface area contributed by atoms with Crippen LogP contribution >= 0.6 is 0 Å². The van der Waals surface area contributed by atoms with Gasteiger partial charge < -0.3 is 24.8 Å². The Labute approximate surface area is 64.2 Å². The molecule has 0 bridgehead atoms. The van der Waals surface area contributed by atoms with Crippen LogP contribution in [-0.2, 0) is 9.47 Å².